The van der Waals surface area contributed by atoms with Crippen LogP contribution in [-0.2, 0) is 0 Å². The third-order valence-electron chi connectivity index (χ3n) is 8.12. The minimum absolute atomic E-state index is 0.103. The Bertz CT molecular complexity index is 1350. The predicted octanol–water partition coefficient (Wildman–Crippen LogP) is 6.10. The van der Waals surface area contributed by atoms with Crippen LogP contribution in [0.4, 0.5) is 11.4 Å². The predicted molar refractivity (Wildman–Crippen MR) is 156 cm³/mol. The lowest BCUT2D eigenvalue weighted by Gasteiger charge is -2.36. The summed E-state index contributed by atoms with van der Waals surface area (Å²) < 4.78 is 6.22. The molecule has 0 radical (unpaired) electrons. The summed E-state index contributed by atoms with van der Waals surface area (Å²) in [5.41, 5.74) is 3.82. The lowest BCUT2D eigenvalue weighted by atomic mass is 10.0. The second kappa shape index (κ2) is 11.0. The van der Waals surface area contributed by atoms with Gasteiger partial charge >= 0.3 is 0 Å². The Hall–Kier alpha value is -3.09. The molecule has 0 aliphatic carbocycles. The fraction of sp³-hybridized carbons (Fsp3) is 0.419. The molecule has 3 heterocycles. The summed E-state index contributed by atoms with van der Waals surface area (Å²) in [5.74, 6) is 1.02. The first kappa shape index (κ1) is 25.2. The van der Waals surface area contributed by atoms with Gasteiger partial charge in [-0.15, -0.1) is 0 Å². The van der Waals surface area contributed by atoms with Gasteiger partial charge in [0, 0.05) is 49.6 Å². The fourth-order valence-corrected chi connectivity index (χ4v) is 6.01. The first-order valence-electron chi connectivity index (χ1n) is 13.8. The summed E-state index contributed by atoms with van der Waals surface area (Å²) in [6.07, 6.45) is 6.14. The van der Waals surface area contributed by atoms with Crippen molar-refractivity contribution in [1.29, 1.82) is 0 Å². The number of hydrogen-bond donors (Lipinski definition) is 0. The van der Waals surface area contributed by atoms with Crippen LogP contribution in [0.25, 0.3) is 10.8 Å². The molecular formula is C31H35ClN4O2. The number of aliphatic imine (C=N–C) groups is 1. The van der Waals surface area contributed by atoms with Crippen molar-refractivity contribution in [2.45, 2.75) is 38.6 Å². The number of ether oxygens (including phenoxy) is 1. The Kier molecular flexibility index (Phi) is 7.26. The number of amides is 1. The highest BCUT2D eigenvalue weighted by molar-refractivity contribution is 6.30. The summed E-state index contributed by atoms with van der Waals surface area (Å²) >= 11 is 6.03. The topological polar surface area (TPSA) is 48.4 Å². The van der Waals surface area contributed by atoms with E-state index < -0.39 is 0 Å². The van der Waals surface area contributed by atoms with Gasteiger partial charge in [0.1, 0.15) is 5.75 Å². The highest BCUT2D eigenvalue weighted by Gasteiger charge is 2.31. The van der Waals surface area contributed by atoms with Crippen molar-refractivity contribution < 1.29 is 9.53 Å². The van der Waals surface area contributed by atoms with E-state index in [0.717, 1.165) is 97.7 Å². The molecule has 0 N–H and O–H groups in total. The van der Waals surface area contributed by atoms with E-state index in [-0.39, 0.29) is 11.9 Å². The largest absolute Gasteiger partial charge is 0.493 e. The maximum atomic E-state index is 13.1. The van der Waals surface area contributed by atoms with Gasteiger partial charge in [0.05, 0.1) is 23.9 Å². The Morgan fingerprint density at radius 1 is 0.974 bits per heavy atom. The standard InChI is InChI=1S/C31H35ClN4O2/c1-22-17-23-18-28-29(33-21-27-5-4-11-36(27)31(28)37)19-24(23)20-30(22)38-16-3-2-10-34-12-14-35(15-13-34)26-8-6-25(32)7-9-26/h6-9,17-21,27H,2-5,10-16H2,1H3/t27-/m0/s1. The Balaban J connectivity index is 1.01. The van der Waals surface area contributed by atoms with E-state index in [4.69, 9.17) is 21.3 Å². The number of carbonyl (C=O) groups excluding carboxylic acids is 1. The lowest BCUT2D eigenvalue weighted by molar-refractivity contribution is 0.0775. The van der Waals surface area contributed by atoms with Crippen LogP contribution in [0.1, 0.15) is 41.6 Å². The average Bonchev–Trinajstić information content (AvgIpc) is 3.36. The number of nitrogens with zero attached hydrogens (tertiary/aromatic N) is 4. The van der Waals surface area contributed by atoms with Gasteiger partial charge in [-0.2, -0.15) is 0 Å². The number of carbonyl (C=O) groups is 1. The first-order chi connectivity index (χ1) is 18.5. The second-order valence-corrected chi connectivity index (χ2v) is 11.1. The van der Waals surface area contributed by atoms with Crippen molar-refractivity contribution in [2.24, 2.45) is 4.99 Å². The molecule has 0 bridgehead atoms. The number of rotatable bonds is 7. The summed E-state index contributed by atoms with van der Waals surface area (Å²) in [6, 6.07) is 16.6. The zero-order valence-corrected chi connectivity index (χ0v) is 22.8. The van der Waals surface area contributed by atoms with Crippen LogP contribution >= 0.6 is 11.6 Å². The zero-order chi connectivity index (χ0) is 26.1. The van der Waals surface area contributed by atoms with E-state index in [9.17, 15) is 4.79 Å². The molecule has 1 amide bonds. The number of benzene rings is 3. The quantitative estimate of drug-likeness (QED) is 0.346. The van der Waals surface area contributed by atoms with Gasteiger partial charge in [0.2, 0.25) is 0 Å². The maximum Gasteiger partial charge on any atom is 0.256 e. The number of aryl methyl sites for hydroxylation is 1. The molecule has 0 spiro atoms. The van der Waals surface area contributed by atoms with Crippen LogP contribution in [-0.4, -0.2) is 73.8 Å². The zero-order valence-electron chi connectivity index (χ0n) is 22.0. The molecule has 38 heavy (non-hydrogen) atoms. The first-order valence-corrected chi connectivity index (χ1v) is 14.2. The fourth-order valence-electron chi connectivity index (χ4n) is 5.89. The number of anilines is 1. The molecule has 7 heteroatoms. The van der Waals surface area contributed by atoms with Gasteiger partial charge in [-0.25, -0.2) is 0 Å². The number of hydrogen-bond acceptors (Lipinski definition) is 5. The highest BCUT2D eigenvalue weighted by atomic mass is 35.5. The SMILES string of the molecule is Cc1cc2cc3c(cc2cc1OCCCCN1CCN(c2ccc(Cl)cc2)CC1)N=C[C@@H]1CCCN1C3=O. The molecule has 0 saturated carbocycles. The van der Waals surface area contributed by atoms with E-state index in [0.29, 0.717) is 12.2 Å². The van der Waals surface area contributed by atoms with Crippen LogP contribution in [0.2, 0.25) is 5.02 Å². The summed E-state index contributed by atoms with van der Waals surface area (Å²) in [7, 11) is 0. The second-order valence-electron chi connectivity index (χ2n) is 10.7. The molecule has 198 valence electrons. The normalized spacial score (nSPS) is 19.5. The van der Waals surface area contributed by atoms with E-state index >= 15 is 0 Å². The van der Waals surface area contributed by atoms with Crippen molar-refractivity contribution >= 4 is 45.9 Å². The number of unbranched alkanes of at least 4 members (excludes halogenated alkanes) is 1. The third-order valence-corrected chi connectivity index (χ3v) is 8.37. The van der Waals surface area contributed by atoms with Crippen LogP contribution in [0.15, 0.2) is 53.5 Å². The molecular weight excluding hydrogens is 496 g/mol. The minimum atomic E-state index is 0.103. The van der Waals surface area contributed by atoms with Gasteiger partial charge in [-0.05, 0) is 104 Å². The molecule has 6 rings (SSSR count). The molecule has 0 aromatic heterocycles. The molecule has 3 aliphatic rings. The number of fused-ring (bicyclic) bond motifs is 3. The van der Waals surface area contributed by atoms with Gasteiger partial charge in [-0.3, -0.25) is 14.7 Å². The monoisotopic (exact) mass is 530 g/mol. The molecule has 3 aromatic carbocycles. The summed E-state index contributed by atoms with van der Waals surface area (Å²) in [4.78, 5) is 24.8. The lowest BCUT2D eigenvalue weighted by Crippen LogP contribution is -2.46. The molecule has 3 aromatic rings. The number of halogens is 1. The Labute approximate surface area is 229 Å². The average molecular weight is 531 g/mol. The Morgan fingerprint density at radius 3 is 2.58 bits per heavy atom. The van der Waals surface area contributed by atoms with Crippen molar-refractivity contribution in [3.8, 4) is 5.75 Å². The highest BCUT2D eigenvalue weighted by Crippen LogP contribution is 2.35. The van der Waals surface area contributed by atoms with Crippen LogP contribution in [0, 0.1) is 6.92 Å². The van der Waals surface area contributed by atoms with Gasteiger partial charge in [0.15, 0.2) is 0 Å². The molecule has 2 fully saturated rings. The van der Waals surface area contributed by atoms with Gasteiger partial charge in [-0.1, -0.05) is 11.6 Å². The van der Waals surface area contributed by atoms with Gasteiger partial charge in [0.25, 0.3) is 5.91 Å². The minimum Gasteiger partial charge on any atom is -0.493 e. The van der Waals surface area contributed by atoms with Crippen LogP contribution in [0.3, 0.4) is 0 Å². The smallest absolute Gasteiger partial charge is 0.256 e. The van der Waals surface area contributed by atoms with E-state index in [2.05, 4.69) is 41.0 Å². The molecule has 0 unspecified atom stereocenters. The van der Waals surface area contributed by atoms with E-state index in [1.54, 1.807) is 0 Å². The molecule has 3 aliphatic heterocycles. The summed E-state index contributed by atoms with van der Waals surface area (Å²) in [6.45, 7) is 8.97. The van der Waals surface area contributed by atoms with Crippen molar-refractivity contribution in [1.82, 2.24) is 9.80 Å². The van der Waals surface area contributed by atoms with Crippen molar-refractivity contribution in [3.05, 3.63) is 64.7 Å². The molecule has 6 nitrogen and oxygen atoms in total. The van der Waals surface area contributed by atoms with Crippen molar-refractivity contribution in [3.63, 3.8) is 0 Å². The van der Waals surface area contributed by atoms with Crippen LogP contribution in [0.5, 0.6) is 5.75 Å². The van der Waals surface area contributed by atoms with E-state index in [1.165, 1.54) is 5.69 Å². The molecule has 2 saturated heterocycles. The maximum absolute atomic E-state index is 13.1. The molecule has 1 atom stereocenters. The van der Waals surface area contributed by atoms with E-state index in [1.807, 2.05) is 35.4 Å². The number of piperazine rings is 1. The summed E-state index contributed by atoms with van der Waals surface area (Å²) in [5, 5.41) is 2.91. The van der Waals surface area contributed by atoms with Gasteiger partial charge < -0.3 is 14.5 Å². The Morgan fingerprint density at radius 2 is 1.76 bits per heavy atom. The van der Waals surface area contributed by atoms with Crippen LogP contribution < -0.4 is 9.64 Å². The van der Waals surface area contributed by atoms with Crippen molar-refractivity contribution in [2.75, 3.05) is 50.8 Å². The third kappa shape index (κ3) is 5.25.